The third-order valence-corrected chi connectivity index (χ3v) is 2.35. The third-order valence-electron chi connectivity index (χ3n) is 1.38. The first-order chi connectivity index (χ1) is 6.41. The summed E-state index contributed by atoms with van der Waals surface area (Å²) >= 11 is 5.35. The molecule has 76 valence electrons. The summed E-state index contributed by atoms with van der Waals surface area (Å²) in [6.07, 6.45) is -4.46. The topological polar surface area (TPSA) is 17.1 Å². The van der Waals surface area contributed by atoms with Crippen LogP contribution in [0.3, 0.4) is 0 Å². The zero-order chi connectivity index (χ0) is 10.8. The molecule has 0 saturated heterocycles. The minimum atomic E-state index is -4.46. The fourth-order valence-corrected chi connectivity index (χ4v) is 1.74. The van der Waals surface area contributed by atoms with Gasteiger partial charge in [0.1, 0.15) is 0 Å². The Morgan fingerprint density at radius 1 is 1.29 bits per heavy atom. The zero-order valence-corrected chi connectivity index (χ0v) is 8.21. The normalized spacial score (nSPS) is 11.4. The maximum absolute atomic E-state index is 12.3. The van der Waals surface area contributed by atoms with E-state index in [1.54, 1.807) is 0 Å². The Hall–Kier alpha value is -0.680. The van der Waals surface area contributed by atoms with E-state index < -0.39 is 16.3 Å². The Bertz CT molecular complexity index is 351. The van der Waals surface area contributed by atoms with Crippen LogP contribution in [-0.4, -0.2) is 4.57 Å². The van der Waals surface area contributed by atoms with Crippen LogP contribution in [0.15, 0.2) is 29.2 Å². The van der Waals surface area contributed by atoms with Gasteiger partial charge in [-0.2, -0.15) is 13.2 Å². The van der Waals surface area contributed by atoms with Crippen molar-refractivity contribution in [1.82, 2.24) is 0 Å². The fraction of sp³-hybridized carbons (Fsp3) is 0.125. The summed E-state index contributed by atoms with van der Waals surface area (Å²) in [6, 6.07) is 4.78. The van der Waals surface area contributed by atoms with Crippen molar-refractivity contribution in [3.8, 4) is 0 Å². The second-order valence-corrected chi connectivity index (χ2v) is 3.92. The van der Waals surface area contributed by atoms with Gasteiger partial charge in [-0.3, -0.25) is 4.79 Å². The molecular formula is C8H4ClF3OS. The van der Waals surface area contributed by atoms with E-state index in [9.17, 15) is 18.0 Å². The van der Waals surface area contributed by atoms with E-state index in [1.165, 1.54) is 18.2 Å². The molecule has 0 N–H and O–H groups in total. The van der Waals surface area contributed by atoms with Gasteiger partial charge >= 0.3 is 6.18 Å². The molecule has 1 nitrogen and oxygen atoms in total. The summed E-state index contributed by atoms with van der Waals surface area (Å²) in [5, 5.41) is 0. The van der Waals surface area contributed by atoms with Gasteiger partial charge in [0.05, 0.1) is 5.56 Å². The molecule has 0 aromatic heterocycles. The first-order valence-electron chi connectivity index (χ1n) is 3.45. The summed E-state index contributed by atoms with van der Waals surface area (Å²) in [6.45, 7) is 0. The van der Waals surface area contributed by atoms with E-state index in [-0.39, 0.29) is 4.90 Å². The van der Waals surface area contributed by atoms with E-state index in [4.69, 9.17) is 11.6 Å². The lowest BCUT2D eigenvalue weighted by atomic mass is 10.2. The van der Waals surface area contributed by atoms with Crippen molar-refractivity contribution < 1.29 is 18.0 Å². The molecule has 0 radical (unpaired) electrons. The van der Waals surface area contributed by atoms with Crippen LogP contribution < -0.4 is 0 Å². The van der Waals surface area contributed by atoms with Gasteiger partial charge in [0.15, 0.2) is 0 Å². The number of thioether (sulfide) groups is 1. The van der Waals surface area contributed by atoms with Crippen LogP contribution in [0, 0.1) is 0 Å². The predicted octanol–water partition coefficient (Wildman–Crippen LogP) is 4.16. The van der Waals surface area contributed by atoms with Crippen molar-refractivity contribution in [2.24, 2.45) is 0 Å². The average molecular weight is 241 g/mol. The molecule has 1 rings (SSSR count). The highest BCUT2D eigenvalue weighted by molar-refractivity contribution is 8.16. The van der Waals surface area contributed by atoms with Gasteiger partial charge in [-0.05, 0) is 35.5 Å². The molecule has 6 heteroatoms. The lowest BCUT2D eigenvalue weighted by molar-refractivity contribution is -0.139. The molecular weight excluding hydrogens is 237 g/mol. The molecule has 0 unspecified atom stereocenters. The molecule has 1 aromatic rings. The molecule has 1 aromatic carbocycles. The van der Waals surface area contributed by atoms with Gasteiger partial charge < -0.3 is 0 Å². The number of carbonyl (C=O) groups excluding carboxylic acids is 1. The molecule has 0 spiro atoms. The minimum Gasteiger partial charge on any atom is -0.268 e. The Balaban J connectivity index is 3.10. The van der Waals surface area contributed by atoms with Crippen LogP contribution in [0.25, 0.3) is 0 Å². The summed E-state index contributed by atoms with van der Waals surface area (Å²) in [5.41, 5.74) is -0.848. The Morgan fingerprint density at radius 3 is 2.36 bits per heavy atom. The molecule has 0 saturated carbocycles. The van der Waals surface area contributed by atoms with E-state index in [0.29, 0.717) is 11.8 Å². The number of carbonyl (C=O) groups is 1. The van der Waals surface area contributed by atoms with Crippen molar-refractivity contribution in [3.63, 3.8) is 0 Å². The standard InChI is InChI=1S/C8H4ClF3OS/c9-7(13)14-6-4-2-1-3-5(6)8(10,11)12/h1-4H. The van der Waals surface area contributed by atoms with E-state index in [0.717, 1.165) is 6.07 Å². The smallest absolute Gasteiger partial charge is 0.268 e. The highest BCUT2D eigenvalue weighted by Gasteiger charge is 2.33. The number of rotatable bonds is 1. The van der Waals surface area contributed by atoms with E-state index in [2.05, 4.69) is 0 Å². The molecule has 0 atom stereocenters. The van der Waals surface area contributed by atoms with Gasteiger partial charge in [-0.25, -0.2) is 0 Å². The second kappa shape index (κ2) is 4.23. The highest BCUT2D eigenvalue weighted by Crippen LogP contribution is 2.37. The predicted molar refractivity (Wildman–Crippen MR) is 48.6 cm³/mol. The van der Waals surface area contributed by atoms with Crippen LogP contribution in [0.4, 0.5) is 18.0 Å². The lowest BCUT2D eigenvalue weighted by Gasteiger charge is -2.09. The third kappa shape index (κ3) is 2.92. The lowest BCUT2D eigenvalue weighted by Crippen LogP contribution is -2.06. The van der Waals surface area contributed by atoms with Crippen LogP contribution in [0.2, 0.25) is 0 Å². The summed E-state index contributed by atoms with van der Waals surface area (Å²) < 4.78 is 36.1. The maximum atomic E-state index is 12.3. The quantitative estimate of drug-likeness (QED) is 0.542. The van der Waals surface area contributed by atoms with E-state index >= 15 is 0 Å². The van der Waals surface area contributed by atoms with Gasteiger partial charge in [-0.1, -0.05) is 12.1 Å². The highest BCUT2D eigenvalue weighted by atomic mass is 35.5. The number of hydrogen-bond acceptors (Lipinski definition) is 2. The summed E-state index contributed by atoms with van der Waals surface area (Å²) in [7, 11) is 0. The summed E-state index contributed by atoms with van der Waals surface area (Å²) in [5.74, 6) is 0. The molecule has 0 amide bonds. The van der Waals surface area contributed by atoms with Crippen molar-refractivity contribution >= 4 is 27.9 Å². The molecule has 0 bridgehead atoms. The van der Waals surface area contributed by atoms with Crippen molar-refractivity contribution in [2.75, 3.05) is 0 Å². The van der Waals surface area contributed by atoms with Crippen LogP contribution in [-0.2, 0) is 6.18 Å². The number of alkyl halides is 3. The Morgan fingerprint density at radius 2 is 1.86 bits per heavy atom. The Labute approximate surface area is 87.2 Å². The van der Waals surface area contributed by atoms with Gasteiger partial charge in [0, 0.05) is 4.90 Å². The molecule has 0 aliphatic heterocycles. The number of benzene rings is 1. The fourth-order valence-electron chi connectivity index (χ4n) is 0.876. The Kier molecular flexibility index (Phi) is 3.44. The van der Waals surface area contributed by atoms with Crippen molar-refractivity contribution in [2.45, 2.75) is 11.1 Å². The van der Waals surface area contributed by atoms with Crippen LogP contribution in [0.5, 0.6) is 0 Å². The first kappa shape index (κ1) is 11.4. The average Bonchev–Trinajstić information content (AvgIpc) is 2.01. The van der Waals surface area contributed by atoms with Gasteiger partial charge in [-0.15, -0.1) is 0 Å². The van der Waals surface area contributed by atoms with Crippen LogP contribution in [0.1, 0.15) is 5.56 Å². The number of hydrogen-bond donors (Lipinski definition) is 0. The van der Waals surface area contributed by atoms with Gasteiger partial charge in [0.25, 0.3) is 4.57 Å². The molecule has 14 heavy (non-hydrogen) atoms. The SMILES string of the molecule is O=C(Cl)Sc1ccccc1C(F)(F)F. The molecule has 0 fully saturated rings. The zero-order valence-electron chi connectivity index (χ0n) is 6.64. The van der Waals surface area contributed by atoms with Crippen molar-refractivity contribution in [3.05, 3.63) is 29.8 Å². The molecule has 0 heterocycles. The molecule has 0 aliphatic carbocycles. The van der Waals surface area contributed by atoms with Crippen LogP contribution >= 0.6 is 23.4 Å². The van der Waals surface area contributed by atoms with Crippen molar-refractivity contribution in [1.29, 1.82) is 0 Å². The monoisotopic (exact) mass is 240 g/mol. The first-order valence-corrected chi connectivity index (χ1v) is 4.64. The van der Waals surface area contributed by atoms with E-state index in [1.807, 2.05) is 0 Å². The molecule has 0 aliphatic rings. The maximum Gasteiger partial charge on any atom is 0.417 e. The number of halogens is 4. The largest absolute Gasteiger partial charge is 0.417 e. The summed E-state index contributed by atoms with van der Waals surface area (Å²) in [4.78, 5) is 10.3. The minimum absolute atomic E-state index is 0.181. The second-order valence-electron chi connectivity index (χ2n) is 2.33. The van der Waals surface area contributed by atoms with Gasteiger partial charge in [0.2, 0.25) is 0 Å².